The lowest BCUT2D eigenvalue weighted by Crippen LogP contribution is -2.30. The van der Waals surface area contributed by atoms with Crippen molar-refractivity contribution in [2.45, 2.75) is 187 Å². The van der Waals surface area contributed by atoms with Crippen LogP contribution in [0, 0.1) is 0 Å². The summed E-state index contributed by atoms with van der Waals surface area (Å²) in [6, 6.07) is 0. The van der Waals surface area contributed by atoms with Crippen LogP contribution in [0.3, 0.4) is 0 Å². The number of alkyl carbamates (subject to hydrolysis) is 1. The molecule has 0 aliphatic heterocycles. The molecule has 9 heteroatoms. The van der Waals surface area contributed by atoms with Crippen LogP contribution in [0.5, 0.6) is 0 Å². The van der Waals surface area contributed by atoms with Crippen molar-refractivity contribution in [2.24, 2.45) is 0 Å². The summed E-state index contributed by atoms with van der Waals surface area (Å²) < 4.78 is 32.9. The third-order valence-corrected chi connectivity index (χ3v) is 8.92. The van der Waals surface area contributed by atoms with Gasteiger partial charge in [-0.05, 0) is 12.8 Å². The minimum Gasteiger partial charge on any atom is -0.463 e. The highest BCUT2D eigenvalue weighted by Crippen LogP contribution is 2.14. The zero-order chi connectivity index (χ0) is 36.4. The maximum absolute atomic E-state index is 12.4. The Morgan fingerprint density at radius 3 is 1.48 bits per heavy atom. The van der Waals surface area contributed by atoms with E-state index in [0.717, 1.165) is 19.3 Å². The van der Waals surface area contributed by atoms with Gasteiger partial charge in [-0.25, -0.2) is 4.79 Å². The number of rotatable bonds is 41. The smallest absolute Gasteiger partial charge is 0.407 e. The molecule has 0 aromatic rings. The van der Waals surface area contributed by atoms with Crippen molar-refractivity contribution in [1.82, 2.24) is 5.32 Å². The quantitative estimate of drug-likeness (QED) is 0.0493. The Bertz CT molecular complexity index is 695. The monoisotopic (exact) mass is 716 g/mol. The second kappa shape index (κ2) is 42.0. The number of methoxy groups -OCH3 is 1. The van der Waals surface area contributed by atoms with E-state index >= 15 is 0 Å². The average molecular weight is 716 g/mol. The molecule has 9 nitrogen and oxygen atoms in total. The van der Waals surface area contributed by atoms with E-state index in [1.54, 1.807) is 7.11 Å². The van der Waals surface area contributed by atoms with Gasteiger partial charge in [0.2, 0.25) is 0 Å². The number of ether oxygens (including phenoxy) is 6. The van der Waals surface area contributed by atoms with Crippen LogP contribution in [0.2, 0.25) is 0 Å². The summed E-state index contributed by atoms with van der Waals surface area (Å²) in [6.45, 7) is 8.42. The number of unbranched alkanes of at least 4 members (excludes halogenated alkanes) is 22. The lowest BCUT2D eigenvalue weighted by molar-refractivity contribution is -0.149. The van der Waals surface area contributed by atoms with E-state index in [1.807, 2.05) is 0 Å². The third-order valence-electron chi connectivity index (χ3n) is 8.92. The zero-order valence-corrected chi connectivity index (χ0v) is 33.1. The van der Waals surface area contributed by atoms with Crippen LogP contribution < -0.4 is 5.32 Å². The van der Waals surface area contributed by atoms with Crippen LogP contribution in [0.4, 0.5) is 4.79 Å². The number of hydrogen-bond acceptors (Lipinski definition) is 8. The molecule has 0 heterocycles. The number of esters is 1. The normalized spacial score (nSPS) is 11.9. The average Bonchev–Trinajstić information content (AvgIpc) is 3.11. The SMILES string of the molecule is CCCCCCCCCCCCCCOC[C@@H](COC(=O)CCNC(=O)OCCCOCCOC)OCCCCCCCCCCCCCC. The second-order valence-corrected chi connectivity index (χ2v) is 13.8. The van der Waals surface area contributed by atoms with Crippen molar-refractivity contribution in [2.75, 3.05) is 66.5 Å². The minimum absolute atomic E-state index is 0.0698. The summed E-state index contributed by atoms with van der Waals surface area (Å²) in [7, 11) is 1.62. The molecule has 0 rings (SSSR count). The van der Waals surface area contributed by atoms with Gasteiger partial charge in [0.05, 0.1) is 32.8 Å². The molecule has 0 unspecified atom stereocenters. The van der Waals surface area contributed by atoms with Gasteiger partial charge in [-0.15, -0.1) is 0 Å². The van der Waals surface area contributed by atoms with Gasteiger partial charge in [0.25, 0.3) is 0 Å². The van der Waals surface area contributed by atoms with E-state index in [9.17, 15) is 9.59 Å². The largest absolute Gasteiger partial charge is 0.463 e. The Morgan fingerprint density at radius 2 is 0.960 bits per heavy atom. The van der Waals surface area contributed by atoms with Crippen LogP contribution in [-0.2, 0) is 33.2 Å². The first kappa shape index (κ1) is 48.6. The summed E-state index contributed by atoms with van der Waals surface area (Å²) in [5.74, 6) is -0.378. The van der Waals surface area contributed by atoms with Crippen LogP contribution in [0.25, 0.3) is 0 Å². The highest BCUT2D eigenvalue weighted by molar-refractivity contribution is 5.71. The number of nitrogens with one attached hydrogen (secondary N) is 1. The molecule has 1 N–H and O–H groups in total. The molecule has 0 aromatic carbocycles. The Hall–Kier alpha value is -1.42. The maximum atomic E-state index is 12.4. The topological polar surface area (TPSA) is 102 Å². The Kier molecular flexibility index (Phi) is 40.8. The summed E-state index contributed by atoms with van der Waals surface area (Å²) in [5.41, 5.74) is 0. The molecule has 0 aliphatic rings. The molecule has 0 bridgehead atoms. The Morgan fingerprint density at radius 1 is 0.480 bits per heavy atom. The van der Waals surface area contributed by atoms with Gasteiger partial charge in [-0.1, -0.05) is 155 Å². The van der Waals surface area contributed by atoms with E-state index in [0.29, 0.717) is 46.1 Å². The minimum atomic E-state index is -0.551. The summed E-state index contributed by atoms with van der Waals surface area (Å²) in [5, 5.41) is 2.60. The highest BCUT2D eigenvalue weighted by atomic mass is 16.6. The van der Waals surface area contributed by atoms with Crippen molar-refractivity contribution in [3.8, 4) is 0 Å². The van der Waals surface area contributed by atoms with Gasteiger partial charge in [0.1, 0.15) is 12.7 Å². The molecule has 0 spiro atoms. The molecule has 0 aliphatic carbocycles. The van der Waals surface area contributed by atoms with Crippen molar-refractivity contribution < 1.29 is 38.0 Å². The molecule has 50 heavy (non-hydrogen) atoms. The van der Waals surface area contributed by atoms with Gasteiger partial charge in [-0.2, -0.15) is 0 Å². The number of carbonyl (C=O) groups is 2. The molecule has 0 aromatic heterocycles. The molecular formula is C41H81NO8. The van der Waals surface area contributed by atoms with E-state index in [1.165, 1.54) is 135 Å². The maximum Gasteiger partial charge on any atom is 0.407 e. The van der Waals surface area contributed by atoms with Crippen LogP contribution >= 0.6 is 0 Å². The fraction of sp³-hybridized carbons (Fsp3) is 0.951. The third kappa shape index (κ3) is 39.4. The fourth-order valence-corrected chi connectivity index (χ4v) is 5.74. The summed E-state index contributed by atoms with van der Waals surface area (Å²) >= 11 is 0. The molecular weight excluding hydrogens is 634 g/mol. The predicted molar refractivity (Wildman–Crippen MR) is 205 cm³/mol. The first-order valence-corrected chi connectivity index (χ1v) is 21.0. The lowest BCUT2D eigenvalue weighted by atomic mass is 10.1. The van der Waals surface area contributed by atoms with Crippen molar-refractivity contribution >= 4 is 12.1 Å². The molecule has 1 atom stereocenters. The van der Waals surface area contributed by atoms with Crippen LogP contribution in [0.1, 0.15) is 181 Å². The van der Waals surface area contributed by atoms with Gasteiger partial charge in [-0.3, -0.25) is 4.79 Å². The van der Waals surface area contributed by atoms with Crippen LogP contribution in [0.15, 0.2) is 0 Å². The highest BCUT2D eigenvalue weighted by Gasteiger charge is 2.14. The van der Waals surface area contributed by atoms with Gasteiger partial charge >= 0.3 is 12.1 Å². The molecule has 0 radical (unpaired) electrons. The predicted octanol–water partition coefficient (Wildman–Crippen LogP) is 10.5. The number of carbonyl (C=O) groups excluding carboxylic acids is 2. The Labute approximate surface area is 308 Å². The van der Waals surface area contributed by atoms with E-state index in [2.05, 4.69) is 19.2 Å². The first-order valence-electron chi connectivity index (χ1n) is 21.0. The molecule has 1 amide bonds. The lowest BCUT2D eigenvalue weighted by Gasteiger charge is -2.18. The first-order chi connectivity index (χ1) is 24.6. The van der Waals surface area contributed by atoms with E-state index in [-0.39, 0.29) is 38.3 Å². The van der Waals surface area contributed by atoms with Gasteiger partial charge in [0.15, 0.2) is 0 Å². The van der Waals surface area contributed by atoms with Crippen molar-refractivity contribution in [1.29, 1.82) is 0 Å². The fourth-order valence-electron chi connectivity index (χ4n) is 5.74. The van der Waals surface area contributed by atoms with E-state index < -0.39 is 6.09 Å². The Balaban J connectivity index is 4.15. The standard InChI is InChI=1S/C41H81NO8/c1-4-6-8-10-12-14-16-18-20-22-24-26-31-47-37-39(48-33-27-25-23-21-19-17-15-13-11-9-7-5-2)38-50-40(43)29-30-42-41(44)49-34-28-32-46-36-35-45-3/h39H,4-38H2,1-3H3,(H,42,44)/t39-/m0/s1. The summed E-state index contributed by atoms with van der Waals surface area (Å²) in [6.07, 6.45) is 31.2. The van der Waals surface area contributed by atoms with E-state index in [4.69, 9.17) is 28.4 Å². The summed E-state index contributed by atoms with van der Waals surface area (Å²) in [4.78, 5) is 24.2. The van der Waals surface area contributed by atoms with Crippen LogP contribution in [-0.4, -0.2) is 84.7 Å². The number of amides is 1. The number of hydrogen-bond donors (Lipinski definition) is 1. The van der Waals surface area contributed by atoms with Crippen molar-refractivity contribution in [3.05, 3.63) is 0 Å². The molecule has 0 saturated heterocycles. The molecule has 0 saturated carbocycles. The second-order valence-electron chi connectivity index (χ2n) is 13.8. The van der Waals surface area contributed by atoms with Gasteiger partial charge < -0.3 is 33.7 Å². The molecule has 0 fully saturated rings. The van der Waals surface area contributed by atoms with Gasteiger partial charge in [0, 0.05) is 39.9 Å². The molecule has 298 valence electrons. The van der Waals surface area contributed by atoms with Crippen molar-refractivity contribution in [3.63, 3.8) is 0 Å². The zero-order valence-electron chi connectivity index (χ0n) is 33.1.